The van der Waals surface area contributed by atoms with E-state index in [2.05, 4.69) is 32.5 Å². The molecule has 0 bridgehead atoms. The molecule has 1 aliphatic heterocycles. The number of carbonyl (C=O) groups excluding carboxylic acids is 6. The number of ether oxygens (including phenoxy) is 1. The van der Waals surface area contributed by atoms with Gasteiger partial charge >= 0.3 is 6.09 Å². The molecule has 0 spiro atoms. The molecule has 12 nitrogen and oxygen atoms in total. The molecule has 1 heterocycles. The van der Waals surface area contributed by atoms with Gasteiger partial charge in [0.05, 0.1) is 6.04 Å². The van der Waals surface area contributed by atoms with Crippen LogP contribution in [0.2, 0.25) is 0 Å². The van der Waals surface area contributed by atoms with Crippen molar-refractivity contribution in [2.24, 2.45) is 0 Å². The molecule has 45 heavy (non-hydrogen) atoms. The minimum absolute atomic E-state index is 0.0878. The van der Waals surface area contributed by atoms with Crippen LogP contribution in [0.15, 0.2) is 30.3 Å². The molecule has 2 rings (SSSR count). The first-order valence-electron chi connectivity index (χ1n) is 15.5. The lowest BCUT2D eigenvalue weighted by Gasteiger charge is -2.24. The standard InChI is InChI=1S/C33H47N5O7/c1-6-14-25-30(42)35-22(2)29(41)37-24(17-12-13-20-34-32(44)45-33(3,4)5)27(39)18-10-11-19-28(40)36-26(31(43)38-25)21-23-15-8-7-9-16-23/h1,7-9,15-16,22,24-26H,10-14,17-21H2,2-5H3,(H,34,44)(H,35,42)(H,36,40)(H,37,41)(H,38,43)/t22-,24-,25-,26-/m0/s1. The predicted molar refractivity (Wildman–Crippen MR) is 169 cm³/mol. The highest BCUT2D eigenvalue weighted by Crippen LogP contribution is 2.11. The normalized spacial score (nSPS) is 22.5. The Balaban J connectivity index is 2.14. The van der Waals surface area contributed by atoms with Gasteiger partial charge in [0.15, 0.2) is 5.78 Å². The fourth-order valence-corrected chi connectivity index (χ4v) is 4.65. The summed E-state index contributed by atoms with van der Waals surface area (Å²) in [5.41, 5.74) is 0.191. The van der Waals surface area contributed by atoms with Gasteiger partial charge in [-0.1, -0.05) is 30.3 Å². The van der Waals surface area contributed by atoms with Crippen molar-refractivity contribution in [3.63, 3.8) is 0 Å². The molecule has 0 saturated carbocycles. The number of Topliss-reactive ketones (excluding diaryl/α,β-unsaturated/α-hetero) is 1. The van der Waals surface area contributed by atoms with E-state index in [1.165, 1.54) is 6.92 Å². The van der Waals surface area contributed by atoms with Crippen molar-refractivity contribution in [3.05, 3.63) is 35.9 Å². The van der Waals surface area contributed by atoms with Crippen molar-refractivity contribution in [3.8, 4) is 12.3 Å². The topological polar surface area (TPSA) is 172 Å². The highest BCUT2D eigenvalue weighted by Gasteiger charge is 2.30. The number of amides is 5. The average molecular weight is 626 g/mol. The first-order chi connectivity index (χ1) is 21.3. The summed E-state index contributed by atoms with van der Waals surface area (Å²) in [6.07, 6.45) is 7.39. The van der Waals surface area contributed by atoms with Crippen LogP contribution in [0.5, 0.6) is 0 Å². The molecule has 0 unspecified atom stereocenters. The first kappa shape index (κ1) is 36.8. The van der Waals surface area contributed by atoms with Gasteiger partial charge in [0.1, 0.15) is 23.7 Å². The van der Waals surface area contributed by atoms with Gasteiger partial charge in [0.2, 0.25) is 23.6 Å². The van der Waals surface area contributed by atoms with Crippen LogP contribution in [0.4, 0.5) is 4.79 Å². The fraction of sp³-hybridized carbons (Fsp3) is 0.576. The Morgan fingerprint density at radius 2 is 1.53 bits per heavy atom. The van der Waals surface area contributed by atoms with Gasteiger partial charge in [-0.2, -0.15) is 0 Å². The van der Waals surface area contributed by atoms with Crippen LogP contribution in [0, 0.1) is 12.3 Å². The molecule has 5 amide bonds. The Kier molecular flexibility index (Phi) is 15.1. The summed E-state index contributed by atoms with van der Waals surface area (Å²) in [5, 5.41) is 13.4. The molecule has 4 atom stereocenters. The number of benzene rings is 1. The minimum Gasteiger partial charge on any atom is -0.444 e. The quantitative estimate of drug-likeness (QED) is 0.217. The second-order valence-electron chi connectivity index (χ2n) is 12.2. The molecule has 12 heteroatoms. The number of alkyl carbamates (subject to hydrolysis) is 1. The van der Waals surface area contributed by atoms with E-state index < -0.39 is 53.6 Å². The number of nitrogens with one attached hydrogen (secondary N) is 5. The Labute approximate surface area is 265 Å². The minimum atomic E-state index is -1.15. The number of carbonyl (C=O) groups is 6. The van der Waals surface area contributed by atoms with E-state index in [1.54, 1.807) is 20.8 Å². The molecule has 0 radical (unpaired) electrons. The lowest BCUT2D eigenvalue weighted by atomic mass is 9.99. The zero-order chi connectivity index (χ0) is 33.4. The monoisotopic (exact) mass is 625 g/mol. The van der Waals surface area contributed by atoms with Gasteiger partial charge in [0, 0.05) is 32.2 Å². The highest BCUT2D eigenvalue weighted by molar-refractivity contribution is 5.96. The van der Waals surface area contributed by atoms with E-state index in [0.717, 1.165) is 5.56 Å². The zero-order valence-corrected chi connectivity index (χ0v) is 26.7. The van der Waals surface area contributed by atoms with Crippen LogP contribution < -0.4 is 26.6 Å². The molecule has 0 aromatic heterocycles. The molecule has 1 aromatic carbocycles. The summed E-state index contributed by atoms with van der Waals surface area (Å²) in [7, 11) is 0. The lowest BCUT2D eigenvalue weighted by molar-refractivity contribution is -0.134. The van der Waals surface area contributed by atoms with Gasteiger partial charge in [-0.05, 0) is 65.4 Å². The molecule has 246 valence electrons. The smallest absolute Gasteiger partial charge is 0.407 e. The Bertz CT molecular complexity index is 1220. The molecular formula is C33H47N5O7. The molecule has 1 aromatic rings. The SMILES string of the molecule is C#CC[C@@H]1NC(=O)[C@H](Cc2ccccc2)NC(=O)CCCCC(=O)[C@H](CCCCNC(=O)OC(C)(C)C)NC(=O)[C@H](C)NC1=O. The molecule has 1 aliphatic rings. The van der Waals surface area contributed by atoms with Crippen LogP contribution in [-0.4, -0.2) is 71.8 Å². The molecule has 5 N–H and O–H groups in total. The molecule has 1 saturated heterocycles. The number of hydrogen-bond acceptors (Lipinski definition) is 7. The fourth-order valence-electron chi connectivity index (χ4n) is 4.65. The maximum absolute atomic E-state index is 13.3. The highest BCUT2D eigenvalue weighted by atomic mass is 16.6. The Morgan fingerprint density at radius 1 is 0.889 bits per heavy atom. The van der Waals surface area contributed by atoms with Crippen molar-refractivity contribution < 1.29 is 33.5 Å². The van der Waals surface area contributed by atoms with Crippen molar-refractivity contribution in [2.45, 2.75) is 115 Å². The number of unbranched alkanes of at least 4 members (excludes halogenated alkanes) is 1. The molecule has 0 aliphatic carbocycles. The van der Waals surface area contributed by atoms with E-state index in [9.17, 15) is 28.8 Å². The van der Waals surface area contributed by atoms with Gasteiger partial charge in [-0.15, -0.1) is 12.3 Å². The van der Waals surface area contributed by atoms with Crippen LogP contribution in [0.1, 0.15) is 84.6 Å². The average Bonchev–Trinajstić information content (AvgIpc) is 2.96. The summed E-state index contributed by atoms with van der Waals surface area (Å²) in [4.78, 5) is 77.3. The third-order valence-electron chi connectivity index (χ3n) is 7.01. The summed E-state index contributed by atoms with van der Waals surface area (Å²) < 4.78 is 5.22. The maximum atomic E-state index is 13.3. The maximum Gasteiger partial charge on any atom is 0.407 e. The number of rotatable bonds is 8. The van der Waals surface area contributed by atoms with Gasteiger partial charge < -0.3 is 31.3 Å². The predicted octanol–water partition coefficient (Wildman–Crippen LogP) is 2.05. The van der Waals surface area contributed by atoms with E-state index in [0.29, 0.717) is 38.6 Å². The number of hydrogen-bond donors (Lipinski definition) is 5. The van der Waals surface area contributed by atoms with Crippen LogP contribution >= 0.6 is 0 Å². The number of terminal acetylenes is 1. The van der Waals surface area contributed by atoms with E-state index >= 15 is 0 Å². The Morgan fingerprint density at radius 3 is 2.20 bits per heavy atom. The number of ketones is 1. The van der Waals surface area contributed by atoms with Gasteiger partial charge in [-0.25, -0.2) is 4.79 Å². The van der Waals surface area contributed by atoms with Crippen LogP contribution in [0.25, 0.3) is 0 Å². The van der Waals surface area contributed by atoms with Gasteiger partial charge in [-0.3, -0.25) is 24.0 Å². The second-order valence-corrected chi connectivity index (χ2v) is 12.2. The largest absolute Gasteiger partial charge is 0.444 e. The van der Waals surface area contributed by atoms with E-state index in [1.807, 2.05) is 30.3 Å². The third-order valence-corrected chi connectivity index (χ3v) is 7.01. The Hall–Kier alpha value is -4.40. The first-order valence-corrected chi connectivity index (χ1v) is 15.5. The summed E-state index contributed by atoms with van der Waals surface area (Å²) in [6.45, 7) is 7.11. The van der Waals surface area contributed by atoms with Crippen molar-refractivity contribution in [1.82, 2.24) is 26.6 Å². The summed E-state index contributed by atoms with van der Waals surface area (Å²) in [5.74, 6) is -0.0138. The summed E-state index contributed by atoms with van der Waals surface area (Å²) in [6, 6.07) is 5.15. The zero-order valence-electron chi connectivity index (χ0n) is 26.7. The van der Waals surface area contributed by atoms with E-state index in [-0.39, 0.29) is 37.4 Å². The van der Waals surface area contributed by atoms with Gasteiger partial charge in [0.25, 0.3) is 0 Å². The van der Waals surface area contributed by atoms with E-state index in [4.69, 9.17) is 11.2 Å². The molecule has 1 fully saturated rings. The lowest BCUT2D eigenvalue weighted by Crippen LogP contribution is -2.57. The van der Waals surface area contributed by atoms with Crippen LogP contribution in [-0.2, 0) is 35.1 Å². The second kappa shape index (κ2) is 18.4. The molecular weight excluding hydrogens is 578 g/mol. The summed E-state index contributed by atoms with van der Waals surface area (Å²) >= 11 is 0. The van der Waals surface area contributed by atoms with Crippen molar-refractivity contribution >= 4 is 35.5 Å². The van der Waals surface area contributed by atoms with Crippen LogP contribution in [0.3, 0.4) is 0 Å². The van der Waals surface area contributed by atoms with Crippen molar-refractivity contribution in [2.75, 3.05) is 6.54 Å². The van der Waals surface area contributed by atoms with Crippen molar-refractivity contribution in [1.29, 1.82) is 0 Å². The third kappa shape index (κ3) is 14.3.